The minimum absolute atomic E-state index is 0.352. The summed E-state index contributed by atoms with van der Waals surface area (Å²) in [5, 5.41) is 2.35. The summed E-state index contributed by atoms with van der Waals surface area (Å²) in [5.74, 6) is 0.482. The SMILES string of the molecule is [B]C(=Nc1ccc(C(C)C)c2ccccc12)NNC. The van der Waals surface area contributed by atoms with E-state index in [0.717, 1.165) is 11.1 Å². The van der Waals surface area contributed by atoms with Gasteiger partial charge in [0.1, 0.15) is 0 Å². The van der Waals surface area contributed by atoms with E-state index >= 15 is 0 Å². The van der Waals surface area contributed by atoms with Gasteiger partial charge in [-0.1, -0.05) is 44.2 Å². The molecule has 0 spiro atoms. The Morgan fingerprint density at radius 1 is 1.11 bits per heavy atom. The highest BCUT2D eigenvalue weighted by Crippen LogP contribution is 2.32. The molecule has 0 aromatic heterocycles. The van der Waals surface area contributed by atoms with Gasteiger partial charge in [0.25, 0.3) is 0 Å². The molecule has 0 bridgehead atoms. The van der Waals surface area contributed by atoms with Gasteiger partial charge >= 0.3 is 0 Å². The molecule has 0 aliphatic heterocycles. The first kappa shape index (κ1) is 13.6. The van der Waals surface area contributed by atoms with Crippen LogP contribution in [0.25, 0.3) is 10.8 Å². The number of aliphatic imine (C=N–C) groups is 1. The van der Waals surface area contributed by atoms with Gasteiger partial charge in [-0.3, -0.25) is 0 Å². The standard InChI is InChI=1S/C15H18BN3/c1-10(2)11-8-9-14(18-15(16)19-17-3)13-7-5-4-6-12(11)13/h4-10,17H,1-3H3,(H,18,19). The van der Waals surface area contributed by atoms with Gasteiger partial charge in [-0.2, -0.15) is 0 Å². The van der Waals surface area contributed by atoms with Crippen LogP contribution in [0.1, 0.15) is 25.3 Å². The van der Waals surface area contributed by atoms with Crippen molar-refractivity contribution in [2.45, 2.75) is 19.8 Å². The minimum atomic E-state index is 0.352. The van der Waals surface area contributed by atoms with Crippen LogP contribution in [0, 0.1) is 0 Å². The number of amidine groups is 1. The third-order valence-electron chi connectivity index (χ3n) is 3.05. The number of fused-ring (bicyclic) bond motifs is 1. The lowest BCUT2D eigenvalue weighted by molar-refractivity contribution is 0.777. The normalized spacial score (nSPS) is 12.1. The van der Waals surface area contributed by atoms with E-state index in [9.17, 15) is 0 Å². The molecule has 4 heteroatoms. The lowest BCUT2D eigenvalue weighted by Crippen LogP contribution is -2.34. The topological polar surface area (TPSA) is 36.4 Å². The third kappa shape index (κ3) is 2.96. The fourth-order valence-electron chi connectivity index (χ4n) is 2.19. The average Bonchev–Trinajstić information content (AvgIpc) is 2.39. The quantitative estimate of drug-likeness (QED) is 0.381. The number of nitrogens with one attached hydrogen (secondary N) is 2. The molecule has 19 heavy (non-hydrogen) atoms. The Kier molecular flexibility index (Phi) is 4.22. The molecule has 0 saturated heterocycles. The van der Waals surface area contributed by atoms with Crippen LogP contribution in [0.4, 0.5) is 5.69 Å². The molecule has 0 amide bonds. The molecule has 2 rings (SSSR count). The molecule has 0 heterocycles. The van der Waals surface area contributed by atoms with Gasteiger partial charge in [0.2, 0.25) is 0 Å². The Bertz CT molecular complexity index is 605. The van der Waals surface area contributed by atoms with E-state index < -0.39 is 0 Å². The number of rotatable bonds is 3. The summed E-state index contributed by atoms with van der Waals surface area (Å²) in [6, 6.07) is 12.4. The predicted molar refractivity (Wildman–Crippen MR) is 83.1 cm³/mol. The largest absolute Gasteiger partial charge is 0.319 e. The molecule has 2 aromatic carbocycles. The van der Waals surface area contributed by atoms with Crippen LogP contribution in [0.2, 0.25) is 0 Å². The van der Waals surface area contributed by atoms with Gasteiger partial charge < -0.3 is 5.43 Å². The maximum atomic E-state index is 5.78. The van der Waals surface area contributed by atoms with Crippen LogP contribution >= 0.6 is 0 Å². The molecule has 0 aliphatic rings. The maximum absolute atomic E-state index is 5.78. The molecule has 0 unspecified atom stereocenters. The third-order valence-corrected chi connectivity index (χ3v) is 3.05. The zero-order valence-electron chi connectivity index (χ0n) is 11.6. The Morgan fingerprint density at radius 2 is 1.79 bits per heavy atom. The van der Waals surface area contributed by atoms with Crippen molar-refractivity contribution in [1.29, 1.82) is 0 Å². The van der Waals surface area contributed by atoms with Crippen molar-refractivity contribution in [2.75, 3.05) is 7.05 Å². The zero-order valence-corrected chi connectivity index (χ0v) is 11.6. The van der Waals surface area contributed by atoms with Crippen LogP contribution in [0.5, 0.6) is 0 Å². The maximum Gasteiger partial charge on any atom is 0.168 e. The highest BCUT2D eigenvalue weighted by Gasteiger charge is 2.07. The average molecular weight is 251 g/mol. The number of hydrogen-bond donors (Lipinski definition) is 2. The van der Waals surface area contributed by atoms with Crippen LogP contribution in [0.3, 0.4) is 0 Å². The number of nitrogens with zero attached hydrogens (tertiary/aromatic N) is 1. The van der Waals surface area contributed by atoms with Gasteiger partial charge in [-0.15, -0.1) is 0 Å². The van der Waals surface area contributed by atoms with Gasteiger partial charge in [-0.25, -0.2) is 10.4 Å². The van der Waals surface area contributed by atoms with E-state index in [1.54, 1.807) is 7.05 Å². The molecule has 0 aliphatic carbocycles. The van der Waals surface area contributed by atoms with E-state index in [1.165, 1.54) is 10.9 Å². The summed E-state index contributed by atoms with van der Waals surface area (Å²) in [4.78, 5) is 4.40. The van der Waals surface area contributed by atoms with Crippen molar-refractivity contribution in [3.05, 3.63) is 42.0 Å². The molecule has 0 atom stereocenters. The van der Waals surface area contributed by atoms with E-state index in [4.69, 9.17) is 7.85 Å². The van der Waals surface area contributed by atoms with Crippen molar-refractivity contribution >= 4 is 30.0 Å². The second kappa shape index (κ2) is 5.89. The van der Waals surface area contributed by atoms with E-state index in [2.05, 4.69) is 54.0 Å². The minimum Gasteiger partial charge on any atom is -0.319 e. The summed E-state index contributed by atoms with van der Waals surface area (Å²) in [6.07, 6.45) is 0. The lowest BCUT2D eigenvalue weighted by atomic mass is 9.95. The Hall–Kier alpha value is -1.81. The molecule has 2 radical (unpaired) electrons. The predicted octanol–water partition coefficient (Wildman–Crippen LogP) is 2.84. The summed E-state index contributed by atoms with van der Waals surface area (Å²) in [6.45, 7) is 4.39. The summed E-state index contributed by atoms with van der Waals surface area (Å²) in [5.41, 5.74) is 8.09. The highest BCUT2D eigenvalue weighted by atomic mass is 15.4. The Labute approximate surface area is 115 Å². The number of hydrogen-bond acceptors (Lipinski definition) is 2. The first-order chi connectivity index (χ1) is 9.13. The number of benzene rings is 2. The van der Waals surface area contributed by atoms with Gasteiger partial charge in [-0.05, 0) is 22.9 Å². The monoisotopic (exact) mass is 251 g/mol. The first-order valence-electron chi connectivity index (χ1n) is 6.42. The van der Waals surface area contributed by atoms with Gasteiger partial charge in [0.15, 0.2) is 7.85 Å². The van der Waals surface area contributed by atoms with Crippen LogP contribution in [0.15, 0.2) is 41.4 Å². The van der Waals surface area contributed by atoms with E-state index in [0.29, 0.717) is 11.7 Å². The molecule has 96 valence electrons. The molecular weight excluding hydrogens is 233 g/mol. The molecule has 2 N–H and O–H groups in total. The van der Waals surface area contributed by atoms with Crippen LogP contribution in [-0.4, -0.2) is 20.6 Å². The van der Waals surface area contributed by atoms with Crippen LogP contribution in [-0.2, 0) is 0 Å². The van der Waals surface area contributed by atoms with Crippen molar-refractivity contribution in [1.82, 2.24) is 10.9 Å². The number of hydrazine groups is 1. The van der Waals surface area contributed by atoms with Crippen molar-refractivity contribution in [2.24, 2.45) is 4.99 Å². The highest BCUT2D eigenvalue weighted by molar-refractivity contribution is 6.59. The van der Waals surface area contributed by atoms with Gasteiger partial charge in [0, 0.05) is 12.4 Å². The summed E-state index contributed by atoms with van der Waals surface area (Å²) in [7, 11) is 7.53. The van der Waals surface area contributed by atoms with Crippen molar-refractivity contribution in [3.63, 3.8) is 0 Å². The van der Waals surface area contributed by atoms with E-state index in [-0.39, 0.29) is 0 Å². The molecule has 2 aromatic rings. The van der Waals surface area contributed by atoms with E-state index in [1.807, 2.05) is 12.1 Å². The van der Waals surface area contributed by atoms with Crippen molar-refractivity contribution < 1.29 is 0 Å². The smallest absolute Gasteiger partial charge is 0.168 e. The second-order valence-electron chi connectivity index (χ2n) is 4.75. The molecule has 0 fully saturated rings. The second-order valence-corrected chi connectivity index (χ2v) is 4.75. The Morgan fingerprint density at radius 3 is 2.42 bits per heavy atom. The molecule has 0 saturated carbocycles. The first-order valence-corrected chi connectivity index (χ1v) is 6.42. The zero-order chi connectivity index (χ0) is 13.8. The molecule has 3 nitrogen and oxygen atoms in total. The Balaban J connectivity index is 2.59. The van der Waals surface area contributed by atoms with Gasteiger partial charge in [0.05, 0.1) is 11.4 Å². The fourth-order valence-corrected chi connectivity index (χ4v) is 2.19. The van der Waals surface area contributed by atoms with Crippen molar-refractivity contribution in [3.8, 4) is 0 Å². The fraction of sp³-hybridized carbons (Fsp3) is 0.267. The lowest BCUT2D eigenvalue weighted by Gasteiger charge is -2.12. The molecular formula is C15H18BN3. The summed E-state index contributed by atoms with van der Waals surface area (Å²) < 4.78 is 0. The summed E-state index contributed by atoms with van der Waals surface area (Å²) >= 11 is 0. The van der Waals surface area contributed by atoms with Crippen LogP contribution < -0.4 is 10.9 Å².